The van der Waals surface area contributed by atoms with Gasteiger partial charge in [-0.15, -0.1) is 11.3 Å². The lowest BCUT2D eigenvalue weighted by Gasteiger charge is -2.26. The van der Waals surface area contributed by atoms with Crippen molar-refractivity contribution in [2.45, 2.75) is 0 Å². The smallest absolute Gasteiger partial charge is 0.143 e. The molecule has 0 bridgehead atoms. The number of benzene rings is 9. The second kappa shape index (κ2) is 11.9. The highest BCUT2D eigenvalue weighted by Crippen LogP contribution is 2.46. The molecule has 3 heteroatoms. The molecule has 2 heterocycles. The van der Waals surface area contributed by atoms with E-state index in [1.165, 1.54) is 58.6 Å². The summed E-state index contributed by atoms with van der Waals surface area (Å²) in [6.07, 6.45) is 0. The molecule has 11 aromatic rings. The third-order valence-corrected chi connectivity index (χ3v) is 11.8. The van der Waals surface area contributed by atoms with Gasteiger partial charge < -0.3 is 9.32 Å². The summed E-state index contributed by atoms with van der Waals surface area (Å²) in [6.45, 7) is 0. The van der Waals surface area contributed by atoms with Crippen LogP contribution in [0.3, 0.4) is 0 Å². The Morgan fingerprint density at radius 2 is 1.06 bits per heavy atom. The van der Waals surface area contributed by atoms with Gasteiger partial charge >= 0.3 is 0 Å². The summed E-state index contributed by atoms with van der Waals surface area (Å²) in [5.41, 5.74) is 9.93. The summed E-state index contributed by atoms with van der Waals surface area (Å²) >= 11 is 1.85. The van der Waals surface area contributed by atoms with Crippen molar-refractivity contribution in [3.8, 4) is 22.3 Å². The Labute approximate surface area is 310 Å². The summed E-state index contributed by atoms with van der Waals surface area (Å²) in [7, 11) is 0. The summed E-state index contributed by atoms with van der Waals surface area (Å²) in [5.74, 6) is 0. The summed E-state index contributed by atoms with van der Waals surface area (Å²) in [4.78, 5) is 2.40. The van der Waals surface area contributed by atoms with Crippen LogP contribution in [0.2, 0.25) is 0 Å². The molecule has 0 spiro atoms. The van der Waals surface area contributed by atoms with E-state index < -0.39 is 0 Å². The minimum absolute atomic E-state index is 0.877. The molecule has 0 aliphatic carbocycles. The predicted molar refractivity (Wildman–Crippen MR) is 227 cm³/mol. The number of furan rings is 1. The Bertz CT molecular complexity index is 3170. The lowest BCUT2D eigenvalue weighted by molar-refractivity contribution is 0.672. The maximum atomic E-state index is 6.68. The minimum Gasteiger partial charge on any atom is -0.455 e. The molecule has 2 aromatic heterocycles. The molecule has 9 aromatic carbocycles. The summed E-state index contributed by atoms with van der Waals surface area (Å²) < 4.78 is 9.27. The molecular formula is C50H31NOS. The molecule has 53 heavy (non-hydrogen) atoms. The fraction of sp³-hybridized carbons (Fsp3) is 0. The first-order valence-electron chi connectivity index (χ1n) is 18.0. The molecule has 0 saturated carbocycles. The van der Waals surface area contributed by atoms with Gasteiger partial charge in [0, 0.05) is 42.3 Å². The third kappa shape index (κ3) is 4.78. The van der Waals surface area contributed by atoms with E-state index in [4.69, 9.17) is 4.42 Å². The number of fused-ring (bicyclic) bond motifs is 9. The molecule has 0 amide bonds. The van der Waals surface area contributed by atoms with Crippen molar-refractivity contribution in [2.75, 3.05) is 4.90 Å². The number of anilines is 3. The van der Waals surface area contributed by atoms with E-state index in [1.807, 2.05) is 11.3 Å². The van der Waals surface area contributed by atoms with Crippen molar-refractivity contribution in [1.29, 1.82) is 0 Å². The van der Waals surface area contributed by atoms with Crippen molar-refractivity contribution in [3.05, 3.63) is 188 Å². The van der Waals surface area contributed by atoms with E-state index in [-0.39, 0.29) is 0 Å². The van der Waals surface area contributed by atoms with Gasteiger partial charge in [0.15, 0.2) is 0 Å². The van der Waals surface area contributed by atoms with Crippen molar-refractivity contribution < 1.29 is 4.42 Å². The third-order valence-electron chi connectivity index (χ3n) is 10.7. The van der Waals surface area contributed by atoms with Gasteiger partial charge in [-0.2, -0.15) is 0 Å². The highest BCUT2D eigenvalue weighted by Gasteiger charge is 2.21. The summed E-state index contributed by atoms with van der Waals surface area (Å²) in [5, 5.41) is 9.57. The number of hydrogen-bond donors (Lipinski definition) is 0. The number of rotatable bonds is 5. The lowest BCUT2D eigenvalue weighted by Crippen LogP contribution is -2.10. The monoisotopic (exact) mass is 693 g/mol. The van der Waals surface area contributed by atoms with Gasteiger partial charge in [0.25, 0.3) is 0 Å². The molecule has 248 valence electrons. The molecule has 0 fully saturated rings. The van der Waals surface area contributed by atoms with Gasteiger partial charge in [0.05, 0.1) is 11.1 Å². The van der Waals surface area contributed by atoms with E-state index >= 15 is 0 Å². The van der Waals surface area contributed by atoms with Crippen LogP contribution in [0, 0.1) is 0 Å². The molecule has 0 atom stereocenters. The zero-order valence-corrected chi connectivity index (χ0v) is 29.5. The average molecular weight is 694 g/mol. The van der Waals surface area contributed by atoms with Gasteiger partial charge in [-0.25, -0.2) is 0 Å². The SMILES string of the molecule is c1ccc(-c2cccc3cccc(-c4ccc(N(c5ccc6sc7ccccc7c6c5)c5cccc6oc7c8ccccc8ccc7c56)cc4)c23)cc1. The Morgan fingerprint density at radius 1 is 0.396 bits per heavy atom. The van der Waals surface area contributed by atoms with Gasteiger partial charge in [-0.05, 0) is 93.0 Å². The zero-order chi connectivity index (χ0) is 34.9. The van der Waals surface area contributed by atoms with Crippen LogP contribution in [-0.4, -0.2) is 0 Å². The standard InChI is InChI=1S/C50H31NOS/c1-2-11-32(12-3-1)38-18-8-14-35-15-9-19-39(48(35)38)34-23-26-36(27-24-34)51(37-28-30-47-43(31-37)41-17-6-7-22-46(41)53-47)44-20-10-21-45-49(44)42-29-25-33-13-4-5-16-40(33)50(42)52-45/h1-31H. The van der Waals surface area contributed by atoms with Gasteiger partial charge in [-0.3, -0.25) is 0 Å². The summed E-state index contributed by atoms with van der Waals surface area (Å²) in [6, 6.07) is 68.0. The number of hydrogen-bond acceptors (Lipinski definition) is 3. The van der Waals surface area contributed by atoms with E-state index in [1.54, 1.807) is 0 Å². The first-order chi connectivity index (χ1) is 26.3. The molecule has 0 unspecified atom stereocenters. The van der Waals surface area contributed by atoms with Crippen LogP contribution < -0.4 is 4.90 Å². The maximum Gasteiger partial charge on any atom is 0.143 e. The van der Waals surface area contributed by atoms with Crippen molar-refractivity contribution >= 4 is 92.1 Å². The van der Waals surface area contributed by atoms with Crippen molar-refractivity contribution in [2.24, 2.45) is 0 Å². The average Bonchev–Trinajstić information content (AvgIpc) is 3.80. The topological polar surface area (TPSA) is 16.4 Å². The first kappa shape index (κ1) is 30.0. The molecule has 0 radical (unpaired) electrons. The molecular weight excluding hydrogens is 663 g/mol. The molecule has 0 saturated heterocycles. The molecule has 11 rings (SSSR count). The highest BCUT2D eigenvalue weighted by molar-refractivity contribution is 7.25. The Morgan fingerprint density at radius 3 is 1.89 bits per heavy atom. The fourth-order valence-electron chi connectivity index (χ4n) is 8.23. The van der Waals surface area contributed by atoms with Crippen LogP contribution >= 0.6 is 11.3 Å². The predicted octanol–water partition coefficient (Wildman–Crippen LogP) is 15.1. The molecule has 0 aliphatic heterocycles. The number of thiophene rings is 1. The first-order valence-corrected chi connectivity index (χ1v) is 18.8. The zero-order valence-electron chi connectivity index (χ0n) is 28.7. The molecule has 0 N–H and O–H groups in total. The second-order valence-electron chi connectivity index (χ2n) is 13.7. The van der Waals surface area contributed by atoms with Gasteiger partial charge in [0.2, 0.25) is 0 Å². The lowest BCUT2D eigenvalue weighted by atomic mass is 9.91. The van der Waals surface area contributed by atoms with E-state index in [9.17, 15) is 0 Å². The van der Waals surface area contributed by atoms with Crippen LogP contribution in [0.5, 0.6) is 0 Å². The van der Waals surface area contributed by atoms with E-state index in [0.29, 0.717) is 0 Å². The van der Waals surface area contributed by atoms with Crippen LogP contribution in [-0.2, 0) is 0 Å². The van der Waals surface area contributed by atoms with Crippen LogP contribution in [0.4, 0.5) is 17.1 Å². The normalized spacial score (nSPS) is 11.8. The largest absolute Gasteiger partial charge is 0.455 e. The Balaban J connectivity index is 1.13. The quantitative estimate of drug-likeness (QED) is 0.178. The second-order valence-corrected chi connectivity index (χ2v) is 14.7. The maximum absolute atomic E-state index is 6.68. The van der Waals surface area contributed by atoms with Gasteiger partial charge in [0.1, 0.15) is 11.2 Å². The Kier molecular flexibility index (Phi) is 6.76. The van der Waals surface area contributed by atoms with Crippen molar-refractivity contribution in [1.82, 2.24) is 0 Å². The molecule has 2 nitrogen and oxygen atoms in total. The Hall–Kier alpha value is -6.68. The van der Waals surface area contributed by atoms with Crippen LogP contribution in [0.25, 0.3) is 85.9 Å². The fourth-order valence-corrected chi connectivity index (χ4v) is 9.32. The highest BCUT2D eigenvalue weighted by atomic mass is 32.1. The minimum atomic E-state index is 0.877. The van der Waals surface area contributed by atoms with Crippen LogP contribution in [0.1, 0.15) is 0 Å². The van der Waals surface area contributed by atoms with Crippen molar-refractivity contribution in [3.63, 3.8) is 0 Å². The van der Waals surface area contributed by atoms with Crippen LogP contribution in [0.15, 0.2) is 192 Å². The van der Waals surface area contributed by atoms with E-state index in [2.05, 4.69) is 193 Å². The van der Waals surface area contributed by atoms with Gasteiger partial charge in [-0.1, -0.05) is 133 Å². The molecule has 0 aliphatic rings. The van der Waals surface area contributed by atoms with E-state index in [0.717, 1.165) is 44.4 Å². The number of nitrogens with zero attached hydrogens (tertiary/aromatic N) is 1.